The molecular weight excluding hydrogens is 240 g/mol. The topological polar surface area (TPSA) is 18.5 Å². The Labute approximate surface area is 113 Å². The first-order valence-corrected chi connectivity index (χ1v) is 10.1. The van der Waals surface area contributed by atoms with Gasteiger partial charge in [-0.3, -0.25) is 0 Å². The van der Waals surface area contributed by atoms with Crippen LogP contribution in [0.1, 0.15) is 34.1 Å². The van der Waals surface area contributed by atoms with Crippen LogP contribution in [-0.2, 0) is 9.16 Å². The SMILES string of the molecule is CC1=C[C@H](O[Si](C)(C)C(C)(C)C)[C@@H]2CCOC[C@H]12. The van der Waals surface area contributed by atoms with Crippen LogP contribution < -0.4 is 0 Å². The summed E-state index contributed by atoms with van der Waals surface area (Å²) in [5.41, 5.74) is 1.48. The lowest BCUT2D eigenvalue weighted by Crippen LogP contribution is -2.46. The van der Waals surface area contributed by atoms with E-state index in [1.165, 1.54) is 5.57 Å². The molecule has 0 aromatic carbocycles. The first-order chi connectivity index (χ1) is 8.22. The van der Waals surface area contributed by atoms with E-state index in [4.69, 9.17) is 9.16 Å². The van der Waals surface area contributed by atoms with Crippen LogP contribution in [0.15, 0.2) is 11.6 Å². The fourth-order valence-corrected chi connectivity index (χ4v) is 4.04. The van der Waals surface area contributed by atoms with Crippen molar-refractivity contribution in [1.29, 1.82) is 0 Å². The summed E-state index contributed by atoms with van der Waals surface area (Å²) in [5, 5.41) is 0.290. The zero-order valence-corrected chi connectivity index (χ0v) is 13.7. The van der Waals surface area contributed by atoms with Crippen molar-refractivity contribution >= 4 is 8.32 Å². The maximum absolute atomic E-state index is 6.61. The molecule has 0 aromatic rings. The van der Waals surface area contributed by atoms with Crippen molar-refractivity contribution in [1.82, 2.24) is 0 Å². The van der Waals surface area contributed by atoms with Crippen LogP contribution in [0.5, 0.6) is 0 Å². The molecule has 0 amide bonds. The van der Waals surface area contributed by atoms with Crippen LogP contribution in [0, 0.1) is 11.8 Å². The molecule has 0 radical (unpaired) electrons. The van der Waals surface area contributed by atoms with Gasteiger partial charge < -0.3 is 9.16 Å². The third kappa shape index (κ3) is 2.58. The second kappa shape index (κ2) is 4.77. The molecule has 1 fully saturated rings. The Kier molecular flexibility index (Phi) is 3.78. The molecule has 3 atom stereocenters. The van der Waals surface area contributed by atoms with Gasteiger partial charge in [0.1, 0.15) is 0 Å². The summed E-state index contributed by atoms with van der Waals surface area (Å²) in [5.74, 6) is 1.27. The second-order valence-electron chi connectivity index (χ2n) is 7.39. The van der Waals surface area contributed by atoms with E-state index in [1.807, 2.05) is 0 Å². The van der Waals surface area contributed by atoms with Crippen molar-refractivity contribution in [2.45, 2.75) is 58.4 Å². The standard InChI is InChI=1S/C15H28O2Si/c1-11-9-14(12-7-8-16-10-13(11)12)17-18(5,6)15(2,3)4/h9,12-14H,7-8,10H2,1-6H3/t12-,13-,14+/m1/s1. The predicted octanol–water partition coefficient (Wildman–Crippen LogP) is 3.99. The van der Waals surface area contributed by atoms with E-state index >= 15 is 0 Å². The van der Waals surface area contributed by atoms with Gasteiger partial charge in [-0.1, -0.05) is 32.4 Å². The molecule has 1 heterocycles. The third-order valence-corrected chi connectivity index (χ3v) is 9.55. The molecule has 2 aliphatic rings. The van der Waals surface area contributed by atoms with Crippen molar-refractivity contribution in [3.8, 4) is 0 Å². The van der Waals surface area contributed by atoms with Gasteiger partial charge >= 0.3 is 0 Å². The lowest BCUT2D eigenvalue weighted by molar-refractivity contribution is 0.00570. The molecule has 1 saturated heterocycles. The second-order valence-corrected chi connectivity index (χ2v) is 12.1. The molecule has 0 unspecified atom stereocenters. The van der Waals surface area contributed by atoms with Gasteiger partial charge in [0.25, 0.3) is 0 Å². The molecule has 0 spiro atoms. The maximum atomic E-state index is 6.61. The highest BCUT2D eigenvalue weighted by Crippen LogP contribution is 2.43. The van der Waals surface area contributed by atoms with Gasteiger partial charge in [-0.25, -0.2) is 0 Å². The van der Waals surface area contributed by atoms with E-state index in [2.05, 4.69) is 46.9 Å². The normalized spacial score (nSPS) is 33.2. The molecule has 104 valence electrons. The fraction of sp³-hybridized carbons (Fsp3) is 0.867. The Morgan fingerprint density at radius 2 is 2.00 bits per heavy atom. The summed E-state index contributed by atoms with van der Waals surface area (Å²) in [6, 6.07) is 0. The maximum Gasteiger partial charge on any atom is 0.192 e. The minimum atomic E-state index is -1.66. The van der Waals surface area contributed by atoms with Crippen LogP contribution >= 0.6 is 0 Å². The number of ether oxygens (including phenoxy) is 1. The van der Waals surface area contributed by atoms with E-state index < -0.39 is 8.32 Å². The van der Waals surface area contributed by atoms with Gasteiger partial charge in [0.15, 0.2) is 8.32 Å². The van der Waals surface area contributed by atoms with Crippen LogP contribution in [-0.4, -0.2) is 27.6 Å². The van der Waals surface area contributed by atoms with E-state index in [0.717, 1.165) is 19.6 Å². The van der Waals surface area contributed by atoms with Gasteiger partial charge in [0.2, 0.25) is 0 Å². The quantitative estimate of drug-likeness (QED) is 0.557. The van der Waals surface area contributed by atoms with Crippen LogP contribution in [0.4, 0.5) is 0 Å². The zero-order valence-electron chi connectivity index (χ0n) is 12.7. The van der Waals surface area contributed by atoms with Crippen LogP contribution in [0.3, 0.4) is 0 Å². The van der Waals surface area contributed by atoms with Gasteiger partial charge in [0.05, 0.1) is 12.7 Å². The Balaban J connectivity index is 2.10. The Bertz CT molecular complexity index is 341. The summed E-state index contributed by atoms with van der Waals surface area (Å²) in [6.45, 7) is 15.7. The van der Waals surface area contributed by atoms with Crippen LogP contribution in [0.2, 0.25) is 18.1 Å². The van der Waals surface area contributed by atoms with Gasteiger partial charge in [-0.2, -0.15) is 0 Å². The highest BCUT2D eigenvalue weighted by Gasteiger charge is 2.44. The molecule has 1 aliphatic carbocycles. The highest BCUT2D eigenvalue weighted by molar-refractivity contribution is 6.74. The largest absolute Gasteiger partial charge is 0.410 e. The van der Waals surface area contributed by atoms with Gasteiger partial charge in [-0.15, -0.1) is 0 Å². The Hall–Kier alpha value is -0.123. The Morgan fingerprint density at radius 3 is 2.61 bits per heavy atom. The van der Waals surface area contributed by atoms with Crippen molar-refractivity contribution < 1.29 is 9.16 Å². The summed E-state index contributed by atoms with van der Waals surface area (Å²) in [7, 11) is -1.66. The molecule has 0 aromatic heterocycles. The molecule has 2 rings (SSSR count). The first kappa shape index (κ1) is 14.3. The van der Waals surface area contributed by atoms with E-state index in [-0.39, 0.29) is 5.04 Å². The predicted molar refractivity (Wildman–Crippen MR) is 78.2 cm³/mol. The summed E-state index contributed by atoms with van der Waals surface area (Å²) in [6.07, 6.45) is 3.85. The van der Waals surface area contributed by atoms with E-state index in [0.29, 0.717) is 17.9 Å². The molecule has 3 heteroatoms. The lowest BCUT2D eigenvalue weighted by Gasteiger charge is -2.41. The molecule has 18 heavy (non-hydrogen) atoms. The lowest BCUT2D eigenvalue weighted by atomic mass is 9.87. The molecular formula is C15H28O2Si. The minimum Gasteiger partial charge on any atom is -0.410 e. The summed E-state index contributed by atoms with van der Waals surface area (Å²) >= 11 is 0. The average molecular weight is 268 g/mol. The smallest absolute Gasteiger partial charge is 0.192 e. The number of hydrogen-bond acceptors (Lipinski definition) is 2. The Morgan fingerprint density at radius 1 is 1.33 bits per heavy atom. The van der Waals surface area contributed by atoms with Crippen LogP contribution in [0.25, 0.3) is 0 Å². The van der Waals surface area contributed by atoms with Crippen molar-refractivity contribution in [3.05, 3.63) is 11.6 Å². The fourth-order valence-electron chi connectivity index (χ4n) is 2.76. The van der Waals surface area contributed by atoms with Crippen molar-refractivity contribution in [3.63, 3.8) is 0 Å². The van der Waals surface area contributed by atoms with Crippen molar-refractivity contribution in [2.24, 2.45) is 11.8 Å². The molecule has 0 bridgehead atoms. The van der Waals surface area contributed by atoms with Crippen molar-refractivity contribution in [2.75, 3.05) is 13.2 Å². The van der Waals surface area contributed by atoms with Gasteiger partial charge in [-0.05, 0) is 37.4 Å². The van der Waals surface area contributed by atoms with E-state index in [1.54, 1.807) is 0 Å². The molecule has 2 nitrogen and oxygen atoms in total. The number of fused-ring (bicyclic) bond motifs is 1. The monoisotopic (exact) mass is 268 g/mol. The van der Waals surface area contributed by atoms with E-state index in [9.17, 15) is 0 Å². The van der Waals surface area contributed by atoms with Gasteiger partial charge in [0, 0.05) is 12.5 Å². The number of rotatable bonds is 2. The zero-order chi connectivity index (χ0) is 13.6. The summed E-state index contributed by atoms with van der Waals surface area (Å²) < 4.78 is 12.2. The molecule has 1 aliphatic heterocycles. The number of hydrogen-bond donors (Lipinski definition) is 0. The molecule has 0 saturated carbocycles. The molecule has 0 N–H and O–H groups in total. The summed E-state index contributed by atoms with van der Waals surface area (Å²) in [4.78, 5) is 0. The third-order valence-electron chi connectivity index (χ3n) is 5.08. The first-order valence-electron chi connectivity index (χ1n) is 7.16. The average Bonchev–Trinajstić information content (AvgIpc) is 2.55. The minimum absolute atomic E-state index is 0.290. The highest BCUT2D eigenvalue weighted by atomic mass is 28.4.